The summed E-state index contributed by atoms with van der Waals surface area (Å²) in [5.74, 6) is -2.59. The number of rotatable bonds is 4. The molecule has 6 heteroatoms. The number of nitrogens with one attached hydrogen (secondary N) is 1. The van der Waals surface area contributed by atoms with Crippen molar-refractivity contribution in [1.82, 2.24) is 10.2 Å². The topological polar surface area (TPSA) is 78.9 Å². The summed E-state index contributed by atoms with van der Waals surface area (Å²) in [7, 11) is 1.99. The summed E-state index contributed by atoms with van der Waals surface area (Å²) in [6.07, 6.45) is -0.0721. The summed E-state index contributed by atoms with van der Waals surface area (Å²) >= 11 is 0. The van der Waals surface area contributed by atoms with Gasteiger partial charge in [-0.05, 0) is 12.5 Å². The predicted molar refractivity (Wildman–Crippen MR) is 70.8 cm³/mol. The number of carbonyl (C=O) groups is 2. The number of hydrogen-bond donors (Lipinski definition) is 2. The number of carboxylic acids is 1. The second-order valence-corrected chi connectivity index (χ2v) is 6.14. The Kier molecular flexibility index (Phi) is 5.31. The number of aliphatic carboxylic acids is 1. The van der Waals surface area contributed by atoms with Gasteiger partial charge in [0.1, 0.15) is 5.92 Å². The van der Waals surface area contributed by atoms with Gasteiger partial charge in [0.05, 0.1) is 12.7 Å². The van der Waals surface area contributed by atoms with Gasteiger partial charge >= 0.3 is 5.97 Å². The molecule has 1 amide bonds. The van der Waals surface area contributed by atoms with Crippen LogP contribution in [0.25, 0.3) is 0 Å². The van der Waals surface area contributed by atoms with Crippen molar-refractivity contribution in [3.63, 3.8) is 0 Å². The average molecular weight is 272 g/mol. The van der Waals surface area contributed by atoms with Gasteiger partial charge in [0, 0.05) is 19.6 Å². The lowest BCUT2D eigenvalue weighted by Crippen LogP contribution is -2.49. The highest BCUT2D eigenvalue weighted by Crippen LogP contribution is 2.26. The van der Waals surface area contributed by atoms with E-state index in [2.05, 4.69) is 10.2 Å². The molecule has 0 bridgehead atoms. The first kappa shape index (κ1) is 15.9. The van der Waals surface area contributed by atoms with Gasteiger partial charge in [-0.2, -0.15) is 0 Å². The molecule has 1 aliphatic rings. The van der Waals surface area contributed by atoms with Gasteiger partial charge < -0.3 is 20.1 Å². The van der Waals surface area contributed by atoms with E-state index in [4.69, 9.17) is 9.84 Å². The molecule has 2 unspecified atom stereocenters. The van der Waals surface area contributed by atoms with Crippen LogP contribution < -0.4 is 5.32 Å². The number of likely N-dealkylation sites (N-methyl/N-ethyl adjacent to an activating group) is 1. The average Bonchev–Trinajstić information content (AvgIpc) is 2.24. The van der Waals surface area contributed by atoms with E-state index in [1.165, 1.54) is 0 Å². The van der Waals surface area contributed by atoms with Gasteiger partial charge in [-0.1, -0.05) is 20.8 Å². The van der Waals surface area contributed by atoms with Crippen molar-refractivity contribution in [2.24, 2.45) is 11.3 Å². The Morgan fingerprint density at radius 3 is 2.58 bits per heavy atom. The highest BCUT2D eigenvalue weighted by molar-refractivity contribution is 5.97. The van der Waals surface area contributed by atoms with E-state index in [0.29, 0.717) is 13.2 Å². The number of nitrogens with zero attached hydrogens (tertiary/aromatic N) is 1. The molecule has 0 radical (unpaired) electrons. The Hall–Kier alpha value is -1.14. The minimum absolute atomic E-state index is 0.0721. The number of carboxylic acid groups (broad SMARTS) is 1. The third kappa shape index (κ3) is 4.80. The molecule has 2 N–H and O–H groups in total. The summed E-state index contributed by atoms with van der Waals surface area (Å²) in [5, 5.41) is 11.8. The maximum atomic E-state index is 12.0. The largest absolute Gasteiger partial charge is 0.481 e. The van der Waals surface area contributed by atoms with Gasteiger partial charge in [0.25, 0.3) is 0 Å². The van der Waals surface area contributed by atoms with Crippen LogP contribution in [0.15, 0.2) is 0 Å². The van der Waals surface area contributed by atoms with E-state index in [1.807, 2.05) is 7.05 Å². The molecule has 0 aromatic rings. The molecule has 0 aromatic heterocycles. The number of hydrogen-bond acceptors (Lipinski definition) is 4. The standard InChI is InChI=1S/C13H24N2O4/c1-13(2,3)10(12(17)18)11(16)14-7-9-8-15(4)5-6-19-9/h9-10H,5-8H2,1-4H3,(H,14,16)(H,17,18). The first-order valence-corrected chi connectivity index (χ1v) is 6.52. The van der Waals surface area contributed by atoms with Crippen LogP contribution in [0.3, 0.4) is 0 Å². The molecule has 0 aliphatic carbocycles. The minimum atomic E-state index is -1.09. The van der Waals surface area contributed by atoms with E-state index in [9.17, 15) is 9.59 Å². The van der Waals surface area contributed by atoms with Crippen molar-refractivity contribution in [3.8, 4) is 0 Å². The zero-order valence-corrected chi connectivity index (χ0v) is 12.1. The molecule has 0 spiro atoms. The molecule has 110 valence electrons. The van der Waals surface area contributed by atoms with Gasteiger partial charge in [0.15, 0.2) is 0 Å². The van der Waals surface area contributed by atoms with Crippen LogP contribution in [0.2, 0.25) is 0 Å². The van der Waals surface area contributed by atoms with Crippen molar-refractivity contribution in [2.75, 3.05) is 33.3 Å². The lowest BCUT2D eigenvalue weighted by Gasteiger charge is -2.31. The quantitative estimate of drug-likeness (QED) is 0.714. The zero-order chi connectivity index (χ0) is 14.6. The molecule has 1 aliphatic heterocycles. The second-order valence-electron chi connectivity index (χ2n) is 6.14. The molecule has 1 saturated heterocycles. The summed E-state index contributed by atoms with van der Waals surface area (Å²) in [6, 6.07) is 0. The van der Waals surface area contributed by atoms with Crippen molar-refractivity contribution in [3.05, 3.63) is 0 Å². The first-order chi connectivity index (χ1) is 8.71. The molecule has 1 rings (SSSR count). The van der Waals surface area contributed by atoms with Crippen LogP contribution in [0.5, 0.6) is 0 Å². The zero-order valence-electron chi connectivity index (χ0n) is 12.1. The van der Waals surface area contributed by atoms with Crippen molar-refractivity contribution in [1.29, 1.82) is 0 Å². The smallest absolute Gasteiger partial charge is 0.316 e. The molecule has 19 heavy (non-hydrogen) atoms. The van der Waals surface area contributed by atoms with Crippen molar-refractivity contribution in [2.45, 2.75) is 26.9 Å². The number of morpholine rings is 1. The van der Waals surface area contributed by atoms with Crippen LogP contribution in [0.1, 0.15) is 20.8 Å². The third-order valence-corrected chi connectivity index (χ3v) is 3.22. The summed E-state index contributed by atoms with van der Waals surface area (Å²) in [4.78, 5) is 25.3. The number of ether oxygens (including phenoxy) is 1. The predicted octanol–water partition coefficient (Wildman–Crippen LogP) is 0.180. The van der Waals surface area contributed by atoms with Gasteiger partial charge in [-0.15, -0.1) is 0 Å². The minimum Gasteiger partial charge on any atom is -0.481 e. The number of amides is 1. The molecule has 1 fully saturated rings. The molecule has 6 nitrogen and oxygen atoms in total. The fourth-order valence-electron chi connectivity index (χ4n) is 2.18. The Labute approximate surface area is 114 Å². The Morgan fingerprint density at radius 1 is 1.47 bits per heavy atom. The Morgan fingerprint density at radius 2 is 2.11 bits per heavy atom. The Bertz CT molecular complexity index is 338. The fourth-order valence-corrected chi connectivity index (χ4v) is 2.18. The monoisotopic (exact) mass is 272 g/mol. The summed E-state index contributed by atoms with van der Waals surface area (Å²) < 4.78 is 5.52. The molecule has 1 heterocycles. The van der Waals surface area contributed by atoms with E-state index in [-0.39, 0.29) is 6.10 Å². The highest BCUT2D eigenvalue weighted by Gasteiger charge is 2.37. The lowest BCUT2D eigenvalue weighted by molar-refractivity contribution is -0.151. The SMILES string of the molecule is CN1CCOC(CNC(=O)C(C(=O)O)C(C)(C)C)C1. The van der Waals surface area contributed by atoms with E-state index in [1.54, 1.807) is 20.8 Å². The molecule has 0 aromatic carbocycles. The summed E-state index contributed by atoms with van der Waals surface area (Å²) in [5.41, 5.74) is -0.611. The number of carbonyl (C=O) groups excluding carboxylic acids is 1. The van der Waals surface area contributed by atoms with Gasteiger partial charge in [0.2, 0.25) is 5.91 Å². The maximum absolute atomic E-state index is 12.0. The molecular weight excluding hydrogens is 248 g/mol. The van der Waals surface area contributed by atoms with Crippen molar-refractivity contribution < 1.29 is 19.4 Å². The van der Waals surface area contributed by atoms with Crippen LogP contribution in [0, 0.1) is 11.3 Å². The second kappa shape index (κ2) is 6.34. The lowest BCUT2D eigenvalue weighted by atomic mass is 9.80. The van der Waals surface area contributed by atoms with Gasteiger partial charge in [-0.3, -0.25) is 9.59 Å². The van der Waals surface area contributed by atoms with Crippen LogP contribution >= 0.6 is 0 Å². The highest BCUT2D eigenvalue weighted by atomic mass is 16.5. The van der Waals surface area contributed by atoms with E-state index >= 15 is 0 Å². The van der Waals surface area contributed by atoms with E-state index in [0.717, 1.165) is 13.1 Å². The van der Waals surface area contributed by atoms with Crippen LogP contribution in [0.4, 0.5) is 0 Å². The molecule has 0 saturated carbocycles. The first-order valence-electron chi connectivity index (χ1n) is 6.52. The molecular formula is C13H24N2O4. The third-order valence-electron chi connectivity index (χ3n) is 3.22. The van der Waals surface area contributed by atoms with Crippen molar-refractivity contribution >= 4 is 11.9 Å². The van der Waals surface area contributed by atoms with Crippen LogP contribution in [-0.2, 0) is 14.3 Å². The molecule has 2 atom stereocenters. The normalized spacial score (nSPS) is 22.8. The Balaban J connectivity index is 2.51. The summed E-state index contributed by atoms with van der Waals surface area (Å²) in [6.45, 7) is 7.85. The maximum Gasteiger partial charge on any atom is 0.316 e. The van der Waals surface area contributed by atoms with E-state index < -0.39 is 23.2 Å². The fraction of sp³-hybridized carbons (Fsp3) is 0.846. The van der Waals surface area contributed by atoms with Crippen LogP contribution in [-0.4, -0.2) is 61.3 Å². The van der Waals surface area contributed by atoms with Gasteiger partial charge in [-0.25, -0.2) is 0 Å².